The van der Waals surface area contributed by atoms with Gasteiger partial charge in [0.25, 0.3) is 11.8 Å². The number of rotatable bonds is 15. The molecule has 5 atom stereocenters. The highest BCUT2D eigenvalue weighted by Crippen LogP contribution is 2.45. The fraction of sp³-hybridized carbons (Fsp3) is 0.396. The van der Waals surface area contributed by atoms with Crippen LogP contribution in [0.3, 0.4) is 0 Å². The monoisotopic (exact) mass is 994 g/mol. The van der Waals surface area contributed by atoms with Crippen molar-refractivity contribution in [2.24, 2.45) is 0 Å². The minimum Gasteiger partial charge on any atom is -0.461 e. The van der Waals surface area contributed by atoms with Crippen molar-refractivity contribution in [2.45, 2.75) is 74.7 Å². The summed E-state index contributed by atoms with van der Waals surface area (Å²) in [4.78, 5) is 83.1. The SMILES string of the molecule is C#Cc1c(F)ccc2cccc(-c3ncc4c(N5CC6CCC(C5)N6)nc(OC[C@@]56CC[C@@H](COC(=O)NCCOCCNc7cccc8c7C(=O)N(C7CCC(=O)NC7=O)C8=O)N5CC(=C)C6)nc4c3F)c12. The normalized spacial score (nSPS) is 23.5. The molecule has 3 unspecified atom stereocenters. The molecule has 11 rings (SSSR count). The van der Waals surface area contributed by atoms with Crippen LogP contribution in [0.25, 0.3) is 32.9 Å². The Labute approximate surface area is 418 Å². The van der Waals surface area contributed by atoms with Crippen LogP contribution < -0.4 is 30.9 Å². The average Bonchev–Trinajstić information content (AvgIpc) is 4.09. The van der Waals surface area contributed by atoms with E-state index in [-0.39, 0.29) is 104 Å². The second-order valence-electron chi connectivity index (χ2n) is 19.5. The van der Waals surface area contributed by atoms with E-state index in [9.17, 15) is 24.0 Å². The topological polar surface area (TPSA) is 210 Å². The standard InChI is InChI=1S/C53H52F2N10O8/c1-3-34-38(54)13-10-30-6-4-7-35(42(30)34)45-44(55)46-37(23-58-45)47(63-25-31-11-12-32(26-63)59-31)62-51(61-46)73-28-53-17-16-33(64(53)24-29(2)22-53)27-72-52(70)57-19-21-71-20-18-56-39-9-5-8-36-43(39)50(69)65(49(36)68)40-14-15-41(66)60-48(40)67/h1,4-10,13,23,31-33,40,56,59H,2,11-12,14-22,24-28H2,(H,57,70)(H,60,66,67)/t31?,32?,33-,40?,53-/m0/s1. The highest BCUT2D eigenvalue weighted by molar-refractivity contribution is 6.25. The third kappa shape index (κ3) is 8.84. The lowest BCUT2D eigenvalue weighted by Crippen LogP contribution is -2.54. The number of fused-ring (bicyclic) bond motifs is 6. The van der Waals surface area contributed by atoms with Gasteiger partial charge in [-0.2, -0.15) is 9.97 Å². The number of nitrogens with zero attached hydrogens (tertiary/aromatic N) is 6. The van der Waals surface area contributed by atoms with Crippen LogP contribution in [-0.2, 0) is 19.1 Å². The zero-order valence-corrected chi connectivity index (χ0v) is 39.8. The molecule has 3 aromatic carbocycles. The number of ether oxygens (including phenoxy) is 3. The van der Waals surface area contributed by atoms with Crippen LogP contribution in [0, 0.1) is 24.0 Å². The average molecular weight is 995 g/mol. The lowest BCUT2D eigenvalue weighted by atomic mass is 9.94. The van der Waals surface area contributed by atoms with E-state index in [1.54, 1.807) is 42.6 Å². The molecule has 5 aromatic rings. The van der Waals surface area contributed by atoms with Gasteiger partial charge in [-0.15, -0.1) is 6.42 Å². The number of nitrogens with one attached hydrogen (secondary N) is 4. The minimum absolute atomic E-state index is 0.00941. The fourth-order valence-corrected chi connectivity index (χ4v) is 11.6. The second kappa shape index (κ2) is 19.4. The van der Waals surface area contributed by atoms with E-state index in [1.165, 1.54) is 12.1 Å². The van der Waals surface area contributed by atoms with Crippen molar-refractivity contribution in [1.82, 2.24) is 40.7 Å². The quantitative estimate of drug-likeness (QED) is 0.0479. The van der Waals surface area contributed by atoms with Gasteiger partial charge >= 0.3 is 12.1 Å². The molecule has 2 aromatic heterocycles. The first-order chi connectivity index (χ1) is 35.4. The van der Waals surface area contributed by atoms with Crippen LogP contribution in [0.5, 0.6) is 6.01 Å². The van der Waals surface area contributed by atoms with Gasteiger partial charge in [0.15, 0.2) is 5.82 Å². The Bertz CT molecular complexity index is 3170. The van der Waals surface area contributed by atoms with E-state index in [1.807, 2.05) is 0 Å². The Morgan fingerprint density at radius 2 is 1.75 bits per heavy atom. The summed E-state index contributed by atoms with van der Waals surface area (Å²) in [5, 5.41) is 13.1. The first kappa shape index (κ1) is 47.7. The molecule has 0 aliphatic carbocycles. The van der Waals surface area contributed by atoms with E-state index < -0.39 is 52.9 Å². The fourth-order valence-electron chi connectivity index (χ4n) is 11.6. The lowest BCUT2D eigenvalue weighted by Gasteiger charge is -2.35. The van der Waals surface area contributed by atoms with Crippen LogP contribution in [0.1, 0.15) is 71.2 Å². The molecular weight excluding hydrogens is 943 g/mol. The Morgan fingerprint density at radius 3 is 2.56 bits per heavy atom. The van der Waals surface area contributed by atoms with Crippen LogP contribution >= 0.6 is 0 Å². The van der Waals surface area contributed by atoms with Crippen LogP contribution in [0.4, 0.5) is 25.1 Å². The molecule has 20 heteroatoms. The zero-order valence-electron chi connectivity index (χ0n) is 39.8. The zero-order chi connectivity index (χ0) is 50.5. The number of hydrogen-bond acceptors (Lipinski definition) is 15. The molecule has 6 aliphatic rings. The van der Waals surface area contributed by atoms with E-state index in [0.717, 1.165) is 36.2 Å². The minimum atomic E-state index is -1.07. The van der Waals surface area contributed by atoms with Gasteiger partial charge in [0.05, 0.1) is 40.8 Å². The molecule has 5 amide bonds. The summed E-state index contributed by atoms with van der Waals surface area (Å²) < 4.78 is 50.1. The molecule has 18 nitrogen and oxygen atoms in total. The van der Waals surface area contributed by atoms with Gasteiger partial charge in [-0.25, -0.2) is 13.6 Å². The van der Waals surface area contributed by atoms with E-state index in [2.05, 4.69) is 48.6 Å². The predicted molar refractivity (Wildman–Crippen MR) is 264 cm³/mol. The second-order valence-corrected chi connectivity index (χ2v) is 19.5. The van der Waals surface area contributed by atoms with Crippen molar-refractivity contribution in [3.8, 4) is 29.6 Å². The first-order valence-corrected chi connectivity index (χ1v) is 24.6. The van der Waals surface area contributed by atoms with E-state index in [4.69, 9.17) is 30.6 Å². The third-order valence-corrected chi connectivity index (χ3v) is 14.9. The summed E-state index contributed by atoms with van der Waals surface area (Å²) in [6.07, 6.45) is 11.0. The number of amides is 5. The van der Waals surface area contributed by atoms with Crippen molar-refractivity contribution in [2.75, 3.05) is 69.4 Å². The Balaban J connectivity index is 0.708. The highest BCUT2D eigenvalue weighted by Gasteiger charge is 2.52. The number of alkyl carbamates (subject to hydrolysis) is 1. The summed E-state index contributed by atoms with van der Waals surface area (Å²) in [5.74, 6) is -0.656. The van der Waals surface area contributed by atoms with Crippen molar-refractivity contribution in [1.29, 1.82) is 0 Å². The largest absolute Gasteiger partial charge is 0.461 e. The van der Waals surface area contributed by atoms with Crippen molar-refractivity contribution >= 4 is 62.9 Å². The number of hydrogen-bond donors (Lipinski definition) is 4. The lowest BCUT2D eigenvalue weighted by molar-refractivity contribution is -0.136. The number of halogens is 2. The molecule has 4 N–H and O–H groups in total. The molecule has 0 spiro atoms. The smallest absolute Gasteiger partial charge is 0.407 e. The van der Waals surface area contributed by atoms with Gasteiger partial charge in [-0.1, -0.05) is 48.4 Å². The van der Waals surface area contributed by atoms with Crippen molar-refractivity contribution < 1.29 is 47.0 Å². The van der Waals surface area contributed by atoms with Gasteiger partial charge in [-0.3, -0.25) is 39.3 Å². The number of piperazine rings is 1. The van der Waals surface area contributed by atoms with Gasteiger partial charge < -0.3 is 35.1 Å². The van der Waals surface area contributed by atoms with E-state index >= 15 is 8.78 Å². The summed E-state index contributed by atoms with van der Waals surface area (Å²) in [7, 11) is 0. The van der Waals surface area contributed by atoms with Gasteiger partial charge in [0.1, 0.15) is 42.1 Å². The number of imide groups is 2. The molecule has 5 saturated heterocycles. The maximum atomic E-state index is 17.2. The first-order valence-electron chi connectivity index (χ1n) is 24.6. The molecule has 8 heterocycles. The molecule has 5 fully saturated rings. The van der Waals surface area contributed by atoms with Gasteiger partial charge in [0, 0.05) is 80.1 Å². The number of carbonyl (C=O) groups excluding carboxylic acids is 5. The summed E-state index contributed by atoms with van der Waals surface area (Å²) in [6, 6.07) is 12.3. The molecule has 6 aliphatic heterocycles. The third-order valence-electron chi connectivity index (χ3n) is 14.9. The van der Waals surface area contributed by atoms with Gasteiger partial charge in [-0.05, 0) is 62.1 Å². The number of terminal acetylenes is 1. The van der Waals surface area contributed by atoms with Crippen LogP contribution in [0.2, 0.25) is 0 Å². The van der Waals surface area contributed by atoms with Crippen molar-refractivity contribution in [3.05, 3.63) is 95.2 Å². The number of pyridine rings is 1. The number of benzene rings is 3. The Morgan fingerprint density at radius 1 is 0.959 bits per heavy atom. The number of piperidine rings is 1. The van der Waals surface area contributed by atoms with Crippen LogP contribution in [-0.4, -0.2) is 143 Å². The molecule has 376 valence electrons. The van der Waals surface area contributed by atoms with Crippen molar-refractivity contribution in [3.63, 3.8) is 0 Å². The predicted octanol–water partition coefficient (Wildman–Crippen LogP) is 4.84. The maximum absolute atomic E-state index is 17.2. The van der Waals surface area contributed by atoms with Crippen LogP contribution in [0.15, 0.2) is 66.9 Å². The number of carbonyl (C=O) groups is 5. The van der Waals surface area contributed by atoms with Gasteiger partial charge in [0.2, 0.25) is 11.8 Å². The molecular formula is C53H52F2N10O8. The molecule has 73 heavy (non-hydrogen) atoms. The van der Waals surface area contributed by atoms with E-state index in [0.29, 0.717) is 59.3 Å². The summed E-state index contributed by atoms with van der Waals surface area (Å²) >= 11 is 0. The molecule has 0 radical (unpaired) electrons. The summed E-state index contributed by atoms with van der Waals surface area (Å²) in [6.45, 7) is 7.34. The number of anilines is 2. The Kier molecular flexibility index (Phi) is 12.7. The summed E-state index contributed by atoms with van der Waals surface area (Å²) in [5.41, 5.74) is 1.61. The number of aromatic nitrogens is 3. The molecule has 2 bridgehead atoms. The maximum Gasteiger partial charge on any atom is 0.407 e. The Hall–Kier alpha value is -7.60. The molecule has 0 saturated carbocycles. The highest BCUT2D eigenvalue weighted by atomic mass is 19.1.